The first-order valence-corrected chi connectivity index (χ1v) is 9.58. The first kappa shape index (κ1) is 20.4. The monoisotopic (exact) mass is 413 g/mol. The van der Waals surface area contributed by atoms with Gasteiger partial charge >= 0.3 is 5.97 Å². The molecule has 1 atom stereocenters. The maximum atomic E-state index is 13.2. The lowest BCUT2D eigenvalue weighted by Gasteiger charge is -2.18. The van der Waals surface area contributed by atoms with Gasteiger partial charge < -0.3 is 10.1 Å². The van der Waals surface area contributed by atoms with Crippen molar-refractivity contribution < 1.29 is 23.1 Å². The predicted molar refractivity (Wildman–Crippen MR) is 107 cm³/mol. The molecule has 1 amide bonds. The summed E-state index contributed by atoms with van der Waals surface area (Å²) in [5.41, 5.74) is 1.21. The van der Waals surface area contributed by atoms with E-state index in [-0.39, 0.29) is 5.82 Å². The largest absolute Gasteiger partial charge is 0.452 e. The average Bonchev–Trinajstić information content (AvgIpc) is 3.24. The number of thiophene rings is 1. The number of rotatable bonds is 7. The second kappa shape index (κ2) is 9.75. The zero-order valence-electron chi connectivity index (χ0n) is 15.2. The van der Waals surface area contributed by atoms with Crippen molar-refractivity contribution in [3.8, 4) is 0 Å². The van der Waals surface area contributed by atoms with Crippen LogP contribution in [0.4, 0.5) is 8.78 Å². The maximum Gasteiger partial charge on any atom is 0.331 e. The minimum atomic E-state index is -0.723. The van der Waals surface area contributed by atoms with Crippen molar-refractivity contribution >= 4 is 29.3 Å². The molecule has 0 fully saturated rings. The molecule has 7 heteroatoms. The molecule has 2 aromatic carbocycles. The van der Waals surface area contributed by atoms with Gasteiger partial charge in [-0.05, 0) is 52.9 Å². The van der Waals surface area contributed by atoms with Crippen molar-refractivity contribution in [2.24, 2.45) is 0 Å². The Kier molecular flexibility index (Phi) is 6.86. The molecule has 0 unspecified atom stereocenters. The second-order valence-electron chi connectivity index (χ2n) is 6.06. The van der Waals surface area contributed by atoms with Crippen molar-refractivity contribution in [3.63, 3.8) is 0 Å². The quantitative estimate of drug-likeness (QED) is 0.459. The Morgan fingerprint density at radius 2 is 1.83 bits per heavy atom. The molecule has 29 heavy (non-hydrogen) atoms. The number of carbonyl (C=O) groups excluding carboxylic acids is 2. The van der Waals surface area contributed by atoms with Gasteiger partial charge in [0.2, 0.25) is 0 Å². The molecule has 0 saturated carbocycles. The van der Waals surface area contributed by atoms with Crippen LogP contribution in [0.1, 0.15) is 22.0 Å². The summed E-state index contributed by atoms with van der Waals surface area (Å²) in [6.07, 6.45) is 2.52. The highest BCUT2D eigenvalue weighted by molar-refractivity contribution is 7.10. The number of amides is 1. The van der Waals surface area contributed by atoms with Gasteiger partial charge in [0.15, 0.2) is 6.61 Å². The van der Waals surface area contributed by atoms with E-state index in [9.17, 15) is 18.4 Å². The minimum Gasteiger partial charge on any atom is -0.452 e. The molecule has 3 rings (SSSR count). The van der Waals surface area contributed by atoms with Gasteiger partial charge in [0.25, 0.3) is 5.91 Å². The zero-order valence-corrected chi connectivity index (χ0v) is 16.0. The smallest absolute Gasteiger partial charge is 0.331 e. The molecule has 0 spiro atoms. The van der Waals surface area contributed by atoms with Gasteiger partial charge in [-0.15, -0.1) is 11.3 Å². The van der Waals surface area contributed by atoms with Crippen LogP contribution in [-0.2, 0) is 14.3 Å². The van der Waals surface area contributed by atoms with Crippen molar-refractivity contribution in [1.82, 2.24) is 5.32 Å². The molecule has 0 aliphatic carbocycles. The fourth-order valence-corrected chi connectivity index (χ4v) is 3.39. The molecule has 3 aromatic rings. The van der Waals surface area contributed by atoms with Crippen LogP contribution in [-0.4, -0.2) is 18.5 Å². The highest BCUT2D eigenvalue weighted by Gasteiger charge is 2.18. The van der Waals surface area contributed by atoms with Crippen LogP contribution in [0, 0.1) is 11.6 Å². The number of carbonyl (C=O) groups is 2. The molecular formula is C22H17F2NO3S. The van der Waals surface area contributed by atoms with E-state index in [1.54, 1.807) is 18.2 Å². The van der Waals surface area contributed by atoms with E-state index in [0.717, 1.165) is 11.0 Å². The standard InChI is InChI=1S/C22H17F2NO3S/c23-17-9-7-16(8-10-17)22(19-5-2-12-29-19)25-20(26)14-28-21(27)11-6-15-3-1-4-18(24)13-15/h1-13,22H,14H2,(H,25,26)/b11-6+/t22-/m0/s1. The highest BCUT2D eigenvalue weighted by Crippen LogP contribution is 2.26. The Hall–Kier alpha value is -3.32. The highest BCUT2D eigenvalue weighted by atomic mass is 32.1. The zero-order chi connectivity index (χ0) is 20.6. The van der Waals surface area contributed by atoms with Gasteiger partial charge in [0.05, 0.1) is 6.04 Å². The van der Waals surface area contributed by atoms with E-state index in [1.165, 1.54) is 47.7 Å². The third kappa shape index (κ3) is 6.08. The molecular weight excluding hydrogens is 396 g/mol. The Labute approximate surface area is 170 Å². The summed E-state index contributed by atoms with van der Waals surface area (Å²) in [6.45, 7) is -0.477. The summed E-state index contributed by atoms with van der Waals surface area (Å²) >= 11 is 1.45. The number of esters is 1. The van der Waals surface area contributed by atoms with Gasteiger partial charge in [0.1, 0.15) is 11.6 Å². The summed E-state index contributed by atoms with van der Waals surface area (Å²) in [6, 6.07) is 14.8. The molecule has 1 heterocycles. The van der Waals surface area contributed by atoms with Gasteiger partial charge in [-0.25, -0.2) is 13.6 Å². The van der Waals surface area contributed by atoms with Crippen LogP contribution < -0.4 is 5.32 Å². The summed E-state index contributed by atoms with van der Waals surface area (Å²) in [7, 11) is 0. The molecule has 0 aliphatic heterocycles. The first-order chi connectivity index (χ1) is 14.0. The number of halogens is 2. The Bertz CT molecular complexity index is 1000. The van der Waals surface area contributed by atoms with Gasteiger partial charge in [-0.2, -0.15) is 0 Å². The lowest BCUT2D eigenvalue weighted by molar-refractivity contribution is -0.143. The van der Waals surface area contributed by atoms with E-state index < -0.39 is 30.3 Å². The van der Waals surface area contributed by atoms with Gasteiger partial charge in [-0.3, -0.25) is 4.79 Å². The minimum absolute atomic E-state index is 0.371. The fraction of sp³-hybridized carbons (Fsp3) is 0.0909. The molecule has 4 nitrogen and oxygen atoms in total. The van der Waals surface area contributed by atoms with Crippen molar-refractivity contribution in [3.05, 3.63) is 99.8 Å². The van der Waals surface area contributed by atoms with Crippen molar-refractivity contribution in [1.29, 1.82) is 0 Å². The lowest BCUT2D eigenvalue weighted by atomic mass is 10.1. The third-order valence-corrected chi connectivity index (χ3v) is 4.88. The first-order valence-electron chi connectivity index (χ1n) is 8.70. The lowest BCUT2D eigenvalue weighted by Crippen LogP contribution is -2.32. The molecule has 0 radical (unpaired) electrons. The Balaban J connectivity index is 1.59. The van der Waals surface area contributed by atoms with Crippen LogP contribution >= 0.6 is 11.3 Å². The summed E-state index contributed by atoms with van der Waals surface area (Å²) in [5, 5.41) is 4.66. The normalized spacial score (nSPS) is 11.9. The van der Waals surface area contributed by atoms with Crippen molar-refractivity contribution in [2.75, 3.05) is 6.61 Å². The summed E-state index contributed by atoms with van der Waals surface area (Å²) < 4.78 is 31.3. The van der Waals surface area contributed by atoms with Crippen LogP contribution in [0.2, 0.25) is 0 Å². The van der Waals surface area contributed by atoms with Crippen LogP contribution in [0.5, 0.6) is 0 Å². The fourth-order valence-electron chi connectivity index (χ4n) is 2.59. The van der Waals surface area contributed by atoms with E-state index in [2.05, 4.69) is 5.32 Å². The number of benzene rings is 2. The topological polar surface area (TPSA) is 55.4 Å². The average molecular weight is 413 g/mol. The summed E-state index contributed by atoms with van der Waals surface area (Å²) in [5.74, 6) is -2.01. The number of nitrogens with one attached hydrogen (secondary N) is 1. The van der Waals surface area contributed by atoms with Crippen molar-refractivity contribution in [2.45, 2.75) is 6.04 Å². The van der Waals surface area contributed by atoms with Crippen LogP contribution in [0.25, 0.3) is 6.08 Å². The Morgan fingerprint density at radius 1 is 1.03 bits per heavy atom. The molecule has 1 N–H and O–H groups in total. The number of hydrogen-bond donors (Lipinski definition) is 1. The van der Waals surface area contributed by atoms with E-state index >= 15 is 0 Å². The molecule has 148 valence electrons. The molecule has 0 saturated heterocycles. The molecule has 1 aromatic heterocycles. The molecule has 0 aliphatic rings. The van der Waals surface area contributed by atoms with E-state index in [1.807, 2.05) is 17.5 Å². The predicted octanol–water partition coefficient (Wildman–Crippen LogP) is 4.49. The van der Waals surface area contributed by atoms with Gasteiger partial charge in [-0.1, -0.05) is 30.3 Å². The number of hydrogen-bond acceptors (Lipinski definition) is 4. The van der Waals surface area contributed by atoms with Gasteiger partial charge in [0, 0.05) is 11.0 Å². The second-order valence-corrected chi connectivity index (χ2v) is 7.04. The third-order valence-electron chi connectivity index (χ3n) is 3.94. The summed E-state index contributed by atoms with van der Waals surface area (Å²) in [4.78, 5) is 24.9. The van der Waals surface area contributed by atoms with E-state index in [4.69, 9.17) is 4.74 Å². The molecule has 0 bridgehead atoms. The van der Waals surface area contributed by atoms with Crippen LogP contribution in [0.15, 0.2) is 72.1 Å². The Morgan fingerprint density at radius 3 is 2.52 bits per heavy atom. The maximum absolute atomic E-state index is 13.2. The van der Waals surface area contributed by atoms with E-state index in [0.29, 0.717) is 11.1 Å². The van der Waals surface area contributed by atoms with Crippen LogP contribution in [0.3, 0.4) is 0 Å². The SMILES string of the molecule is O=C(COC(=O)/C=C/c1cccc(F)c1)N[C@@H](c1ccc(F)cc1)c1cccs1. The number of ether oxygens (including phenoxy) is 1.